The van der Waals surface area contributed by atoms with Crippen LogP contribution >= 0.6 is 0 Å². The minimum absolute atomic E-state index is 0.130. The molecule has 0 atom stereocenters. The van der Waals surface area contributed by atoms with Crippen LogP contribution in [0.1, 0.15) is 11.1 Å². The summed E-state index contributed by atoms with van der Waals surface area (Å²) in [5.74, 6) is 0. The van der Waals surface area contributed by atoms with Gasteiger partial charge in [-0.05, 0) is 23.3 Å². The molecule has 4 heteroatoms. The number of benzene rings is 2. The molecule has 0 fully saturated rings. The van der Waals surface area contributed by atoms with Crippen LogP contribution in [0.3, 0.4) is 0 Å². The molecule has 2 rings (SSSR count). The maximum Gasteiger partial charge on any atom is 0.478 e. The van der Waals surface area contributed by atoms with E-state index in [0.717, 1.165) is 11.1 Å². The van der Waals surface area contributed by atoms with E-state index in [0.29, 0.717) is 0 Å². The van der Waals surface area contributed by atoms with Gasteiger partial charge in [0, 0.05) is 0 Å². The van der Waals surface area contributed by atoms with E-state index in [1.54, 1.807) is 12.2 Å². The Balaban J connectivity index is 1.62. The van der Waals surface area contributed by atoms with E-state index >= 15 is 0 Å². The van der Waals surface area contributed by atoms with Gasteiger partial charge in [-0.3, -0.25) is 0 Å². The SMILES string of the molecule is O=[N+](OC/C=C/c1ccccc1)OC/C=C/c1ccccc1. The molecule has 4 nitrogen and oxygen atoms in total. The van der Waals surface area contributed by atoms with Gasteiger partial charge in [-0.1, -0.05) is 72.8 Å². The molecular weight excluding hydrogens is 278 g/mol. The summed E-state index contributed by atoms with van der Waals surface area (Å²) in [6.45, 7) is 0.307. The fourth-order valence-electron chi connectivity index (χ4n) is 1.74. The summed E-state index contributed by atoms with van der Waals surface area (Å²) in [7, 11) is 0. The zero-order chi connectivity index (χ0) is 15.5. The average Bonchev–Trinajstić information content (AvgIpc) is 2.57. The van der Waals surface area contributed by atoms with Crippen molar-refractivity contribution in [3.8, 4) is 0 Å². The summed E-state index contributed by atoms with van der Waals surface area (Å²) in [6, 6.07) is 19.6. The molecule has 2 aromatic rings. The van der Waals surface area contributed by atoms with Crippen molar-refractivity contribution in [3.05, 3.63) is 88.8 Å². The largest absolute Gasteiger partial charge is 0.478 e. The van der Waals surface area contributed by atoms with Crippen LogP contribution in [-0.2, 0) is 9.68 Å². The molecule has 0 saturated carbocycles. The summed E-state index contributed by atoms with van der Waals surface area (Å²) in [5, 5.41) is 0.130. The lowest BCUT2D eigenvalue weighted by atomic mass is 10.2. The second-order valence-electron chi connectivity index (χ2n) is 4.44. The standard InChI is InChI=1S/C18H18NO3/c20-19(21-15-7-13-17-9-3-1-4-10-17)22-16-8-14-18-11-5-2-6-12-18/h1-14H,15-16H2/q+1/b13-7+,14-8+. The van der Waals surface area contributed by atoms with E-state index < -0.39 is 0 Å². The van der Waals surface area contributed by atoms with Crippen molar-refractivity contribution in [1.82, 2.24) is 0 Å². The second kappa shape index (κ2) is 9.13. The summed E-state index contributed by atoms with van der Waals surface area (Å²) in [4.78, 5) is 21.0. The minimum Gasteiger partial charge on any atom is -0.182 e. The van der Waals surface area contributed by atoms with E-state index in [4.69, 9.17) is 9.68 Å². The van der Waals surface area contributed by atoms with E-state index in [9.17, 15) is 4.91 Å². The van der Waals surface area contributed by atoms with Gasteiger partial charge >= 0.3 is 5.09 Å². The average molecular weight is 296 g/mol. The number of hydrogen-bond donors (Lipinski definition) is 0. The first-order valence-electron chi connectivity index (χ1n) is 7.01. The first-order valence-corrected chi connectivity index (χ1v) is 7.01. The molecule has 0 radical (unpaired) electrons. The zero-order valence-corrected chi connectivity index (χ0v) is 12.2. The van der Waals surface area contributed by atoms with Crippen molar-refractivity contribution >= 4 is 12.2 Å². The molecule has 0 aliphatic carbocycles. The molecule has 0 aromatic heterocycles. The Kier molecular flexibility index (Phi) is 6.43. The summed E-state index contributed by atoms with van der Waals surface area (Å²) in [5.41, 5.74) is 2.10. The van der Waals surface area contributed by atoms with Crippen molar-refractivity contribution in [2.75, 3.05) is 13.2 Å². The van der Waals surface area contributed by atoms with Crippen LogP contribution in [0.2, 0.25) is 0 Å². The molecule has 0 amide bonds. The second-order valence-corrected chi connectivity index (χ2v) is 4.44. The van der Waals surface area contributed by atoms with Crippen molar-refractivity contribution in [2.45, 2.75) is 0 Å². The van der Waals surface area contributed by atoms with Gasteiger partial charge in [0.15, 0.2) is 13.2 Å². The monoisotopic (exact) mass is 296 g/mol. The molecule has 0 heterocycles. The van der Waals surface area contributed by atoms with Crippen LogP contribution in [0.25, 0.3) is 12.2 Å². The van der Waals surface area contributed by atoms with Gasteiger partial charge in [0.25, 0.3) is 0 Å². The van der Waals surface area contributed by atoms with Gasteiger partial charge < -0.3 is 0 Å². The number of rotatable bonds is 8. The smallest absolute Gasteiger partial charge is 0.182 e. The molecule has 2 aromatic carbocycles. The molecule has 0 bridgehead atoms. The zero-order valence-electron chi connectivity index (χ0n) is 12.2. The first-order chi connectivity index (χ1) is 10.8. The lowest BCUT2D eigenvalue weighted by Gasteiger charge is -1.92. The van der Waals surface area contributed by atoms with Gasteiger partial charge in [0.05, 0.1) is 0 Å². The highest BCUT2D eigenvalue weighted by molar-refractivity contribution is 5.49. The van der Waals surface area contributed by atoms with Gasteiger partial charge in [-0.2, -0.15) is 9.68 Å². The van der Waals surface area contributed by atoms with Crippen LogP contribution in [-0.4, -0.2) is 18.3 Å². The molecule has 22 heavy (non-hydrogen) atoms. The van der Waals surface area contributed by atoms with Crippen LogP contribution in [0.15, 0.2) is 72.8 Å². The Morgan fingerprint density at radius 1 is 0.727 bits per heavy atom. The van der Waals surface area contributed by atoms with Crippen LogP contribution in [0, 0.1) is 4.91 Å². The van der Waals surface area contributed by atoms with Crippen molar-refractivity contribution in [3.63, 3.8) is 0 Å². The maximum absolute atomic E-state index is 11.3. The van der Waals surface area contributed by atoms with Gasteiger partial charge in [0.2, 0.25) is 0 Å². The Morgan fingerprint density at radius 2 is 1.14 bits per heavy atom. The Hall–Kier alpha value is -2.88. The highest BCUT2D eigenvalue weighted by atomic mass is 17.0. The third kappa shape index (κ3) is 6.05. The third-order valence-corrected chi connectivity index (χ3v) is 2.77. The predicted molar refractivity (Wildman–Crippen MR) is 86.5 cm³/mol. The van der Waals surface area contributed by atoms with Crippen molar-refractivity contribution in [1.29, 1.82) is 0 Å². The minimum atomic E-state index is 0.130. The third-order valence-electron chi connectivity index (χ3n) is 2.77. The highest BCUT2D eigenvalue weighted by Crippen LogP contribution is 2.01. The highest BCUT2D eigenvalue weighted by Gasteiger charge is 2.08. The lowest BCUT2D eigenvalue weighted by Crippen LogP contribution is -2.10. The fourth-order valence-corrected chi connectivity index (χ4v) is 1.74. The van der Waals surface area contributed by atoms with Gasteiger partial charge in [0.1, 0.15) is 4.91 Å². The number of nitrogens with zero attached hydrogens (tertiary/aromatic N) is 1. The molecule has 0 saturated heterocycles. The number of hydrogen-bond acceptors (Lipinski definition) is 3. The molecule has 0 N–H and O–H groups in total. The van der Waals surface area contributed by atoms with E-state index in [2.05, 4.69) is 0 Å². The first kappa shape index (κ1) is 15.5. The molecule has 0 aliphatic rings. The molecular formula is C18H18NO3+. The molecule has 112 valence electrons. The van der Waals surface area contributed by atoms with Crippen molar-refractivity contribution in [2.24, 2.45) is 0 Å². The van der Waals surface area contributed by atoms with Crippen LogP contribution in [0.4, 0.5) is 0 Å². The lowest BCUT2D eigenvalue weighted by molar-refractivity contribution is -0.978. The van der Waals surface area contributed by atoms with E-state index in [-0.39, 0.29) is 18.3 Å². The normalized spacial score (nSPS) is 10.9. The van der Waals surface area contributed by atoms with Crippen LogP contribution in [0.5, 0.6) is 0 Å². The summed E-state index contributed by atoms with van der Waals surface area (Å²) < 4.78 is 0. The summed E-state index contributed by atoms with van der Waals surface area (Å²) in [6.07, 6.45) is 7.26. The summed E-state index contributed by atoms with van der Waals surface area (Å²) >= 11 is 0. The fraction of sp³-hybridized carbons (Fsp3) is 0.111. The van der Waals surface area contributed by atoms with Crippen LogP contribution < -0.4 is 0 Å². The molecule has 0 spiro atoms. The van der Waals surface area contributed by atoms with Gasteiger partial charge in [-0.25, -0.2) is 0 Å². The molecule has 0 aliphatic heterocycles. The Morgan fingerprint density at radius 3 is 1.55 bits per heavy atom. The van der Waals surface area contributed by atoms with E-state index in [1.807, 2.05) is 72.8 Å². The predicted octanol–water partition coefficient (Wildman–Crippen LogP) is 4.06. The van der Waals surface area contributed by atoms with Crippen molar-refractivity contribution < 1.29 is 14.8 Å². The Labute approximate surface area is 129 Å². The topological polar surface area (TPSA) is 38.5 Å². The quantitative estimate of drug-likeness (QED) is 0.690. The molecule has 0 unspecified atom stereocenters. The Bertz CT molecular complexity index is 566. The van der Waals surface area contributed by atoms with E-state index in [1.165, 1.54) is 0 Å². The van der Waals surface area contributed by atoms with Gasteiger partial charge in [-0.15, -0.1) is 0 Å². The maximum atomic E-state index is 11.3.